The zero-order valence-electron chi connectivity index (χ0n) is 13.6. The van der Waals surface area contributed by atoms with Crippen molar-refractivity contribution in [3.05, 3.63) is 41.1 Å². The third kappa shape index (κ3) is 3.35. The smallest absolute Gasteiger partial charge is 0.125 e. The molecule has 3 N–H and O–H groups in total. The number of aromatic nitrogens is 2. The van der Waals surface area contributed by atoms with Crippen LogP contribution < -0.4 is 5.32 Å². The molecule has 0 bridgehead atoms. The highest BCUT2D eigenvalue weighted by molar-refractivity contribution is 5.69. The highest BCUT2D eigenvalue weighted by Gasteiger charge is 2.24. The average Bonchev–Trinajstić information content (AvgIpc) is 2.55. The van der Waals surface area contributed by atoms with E-state index in [1.54, 1.807) is 6.07 Å². The first kappa shape index (κ1) is 15.9. The second kappa shape index (κ2) is 6.64. The van der Waals surface area contributed by atoms with Crippen LogP contribution in [0.25, 0.3) is 11.3 Å². The van der Waals surface area contributed by atoms with Gasteiger partial charge >= 0.3 is 0 Å². The van der Waals surface area contributed by atoms with Crippen molar-refractivity contribution in [2.45, 2.75) is 45.3 Å². The number of aliphatic hydroxyl groups is 1. The Morgan fingerprint density at radius 3 is 2.65 bits per heavy atom. The van der Waals surface area contributed by atoms with Crippen molar-refractivity contribution in [2.24, 2.45) is 0 Å². The van der Waals surface area contributed by atoms with Gasteiger partial charge in [0.15, 0.2) is 0 Å². The van der Waals surface area contributed by atoms with Gasteiger partial charge in [-0.05, 0) is 62.6 Å². The lowest BCUT2D eigenvalue weighted by atomic mass is 9.96. The van der Waals surface area contributed by atoms with Crippen LogP contribution in [0.2, 0.25) is 0 Å². The fraction of sp³-hybridized carbons (Fsp3) is 0.444. The Morgan fingerprint density at radius 1 is 1.17 bits per heavy atom. The Hall–Kier alpha value is -1.98. The second-order valence-electron chi connectivity index (χ2n) is 6.32. The maximum absolute atomic E-state index is 10.5. The Labute approximate surface area is 136 Å². The van der Waals surface area contributed by atoms with E-state index in [0.29, 0.717) is 17.0 Å². The average molecular weight is 313 g/mol. The van der Waals surface area contributed by atoms with Crippen molar-refractivity contribution in [1.82, 2.24) is 15.5 Å². The van der Waals surface area contributed by atoms with E-state index in [1.807, 2.05) is 32.0 Å². The Balaban J connectivity index is 1.88. The summed E-state index contributed by atoms with van der Waals surface area (Å²) in [5.74, 6) is 0.199. The summed E-state index contributed by atoms with van der Waals surface area (Å²) in [4.78, 5) is 0. The molecule has 2 atom stereocenters. The Bertz CT molecular complexity index is 697. The third-order valence-electron chi connectivity index (χ3n) is 4.44. The second-order valence-corrected chi connectivity index (χ2v) is 6.32. The van der Waals surface area contributed by atoms with Crippen LogP contribution in [0.4, 0.5) is 0 Å². The topological polar surface area (TPSA) is 78.3 Å². The molecule has 2 aromatic rings. The number of aliphatic hydroxyl groups excluding tert-OH is 1. The first-order chi connectivity index (χ1) is 11.1. The summed E-state index contributed by atoms with van der Waals surface area (Å²) in [5.41, 5.74) is 3.78. The highest BCUT2D eigenvalue weighted by atomic mass is 16.3. The number of piperidine rings is 1. The fourth-order valence-corrected chi connectivity index (χ4v) is 3.11. The van der Waals surface area contributed by atoms with Crippen LogP contribution >= 0.6 is 0 Å². The largest absolute Gasteiger partial charge is 0.507 e. The molecule has 2 heterocycles. The molecular weight excluding hydrogens is 290 g/mol. The number of benzene rings is 1. The number of hydrogen-bond donors (Lipinski definition) is 3. The number of aromatic hydroxyl groups is 1. The number of nitrogens with zero attached hydrogens (tertiary/aromatic N) is 2. The lowest BCUT2D eigenvalue weighted by Crippen LogP contribution is -2.39. The van der Waals surface area contributed by atoms with E-state index in [4.69, 9.17) is 0 Å². The van der Waals surface area contributed by atoms with Gasteiger partial charge in [0.1, 0.15) is 11.9 Å². The van der Waals surface area contributed by atoms with Gasteiger partial charge in [0.25, 0.3) is 0 Å². The number of phenolic OH excluding ortho intramolecular Hbond substituents is 1. The number of phenols is 1. The molecule has 0 spiro atoms. The minimum atomic E-state index is -0.651. The molecule has 1 aliphatic heterocycles. The van der Waals surface area contributed by atoms with Gasteiger partial charge in [-0.3, -0.25) is 0 Å². The van der Waals surface area contributed by atoms with E-state index in [2.05, 4.69) is 15.5 Å². The van der Waals surface area contributed by atoms with Crippen LogP contribution in [0.15, 0.2) is 24.3 Å². The molecule has 0 aliphatic carbocycles. The molecule has 0 amide bonds. The van der Waals surface area contributed by atoms with Crippen molar-refractivity contribution < 1.29 is 10.2 Å². The van der Waals surface area contributed by atoms with E-state index in [-0.39, 0.29) is 11.8 Å². The minimum absolute atomic E-state index is 0.0380. The molecule has 5 nitrogen and oxygen atoms in total. The molecule has 1 fully saturated rings. The zero-order chi connectivity index (χ0) is 16.4. The van der Waals surface area contributed by atoms with Gasteiger partial charge in [0, 0.05) is 11.6 Å². The van der Waals surface area contributed by atoms with Crippen LogP contribution in [0.1, 0.15) is 42.2 Å². The van der Waals surface area contributed by atoms with Crippen LogP contribution in [0.5, 0.6) is 5.75 Å². The summed E-state index contributed by atoms with van der Waals surface area (Å²) in [6.45, 7) is 4.79. The van der Waals surface area contributed by atoms with E-state index in [0.717, 1.165) is 36.9 Å². The van der Waals surface area contributed by atoms with Gasteiger partial charge in [-0.2, -0.15) is 5.10 Å². The lowest BCUT2D eigenvalue weighted by molar-refractivity contribution is 0.109. The molecule has 1 aromatic carbocycles. The first-order valence-electron chi connectivity index (χ1n) is 8.12. The highest BCUT2D eigenvalue weighted by Crippen LogP contribution is 2.31. The van der Waals surface area contributed by atoms with Crippen molar-refractivity contribution in [2.75, 3.05) is 6.54 Å². The first-order valence-corrected chi connectivity index (χ1v) is 8.12. The molecule has 122 valence electrons. The van der Waals surface area contributed by atoms with Gasteiger partial charge in [-0.25, -0.2) is 0 Å². The monoisotopic (exact) mass is 313 g/mol. The predicted octanol–water partition coefficient (Wildman–Crippen LogP) is 2.64. The van der Waals surface area contributed by atoms with Crippen LogP contribution in [-0.2, 0) is 0 Å². The normalized spacial score (nSPS) is 19.5. The number of rotatable bonds is 3. The Kier molecular flexibility index (Phi) is 4.59. The molecule has 0 saturated carbocycles. The van der Waals surface area contributed by atoms with E-state index < -0.39 is 6.10 Å². The van der Waals surface area contributed by atoms with Crippen molar-refractivity contribution in [1.29, 1.82) is 0 Å². The van der Waals surface area contributed by atoms with E-state index in [1.165, 1.54) is 0 Å². The quantitative estimate of drug-likeness (QED) is 0.812. The molecule has 3 rings (SSSR count). The third-order valence-corrected chi connectivity index (χ3v) is 4.44. The molecule has 1 aliphatic rings. The van der Waals surface area contributed by atoms with Gasteiger partial charge in [-0.15, -0.1) is 5.10 Å². The number of nitrogens with one attached hydrogen (secondary N) is 1. The maximum Gasteiger partial charge on any atom is 0.125 e. The zero-order valence-corrected chi connectivity index (χ0v) is 13.6. The van der Waals surface area contributed by atoms with Gasteiger partial charge in [0.05, 0.1) is 11.4 Å². The predicted molar refractivity (Wildman–Crippen MR) is 89.2 cm³/mol. The van der Waals surface area contributed by atoms with Crippen LogP contribution in [0, 0.1) is 13.8 Å². The summed E-state index contributed by atoms with van der Waals surface area (Å²) < 4.78 is 0. The molecule has 2 unspecified atom stereocenters. The summed E-state index contributed by atoms with van der Waals surface area (Å²) in [5, 5.41) is 32.4. The number of hydrogen-bond acceptors (Lipinski definition) is 5. The molecule has 5 heteroatoms. The minimum Gasteiger partial charge on any atom is -0.507 e. The Morgan fingerprint density at radius 2 is 2.00 bits per heavy atom. The summed E-state index contributed by atoms with van der Waals surface area (Å²) in [6.07, 6.45) is 2.57. The molecule has 0 radical (unpaired) electrons. The van der Waals surface area contributed by atoms with Crippen molar-refractivity contribution in [3.63, 3.8) is 0 Å². The lowest BCUT2D eigenvalue weighted by Gasteiger charge is -2.27. The number of aryl methyl sites for hydroxylation is 2. The summed E-state index contributed by atoms with van der Waals surface area (Å²) >= 11 is 0. The van der Waals surface area contributed by atoms with E-state index >= 15 is 0 Å². The van der Waals surface area contributed by atoms with Crippen molar-refractivity contribution >= 4 is 0 Å². The molecule has 23 heavy (non-hydrogen) atoms. The maximum atomic E-state index is 10.5. The summed E-state index contributed by atoms with van der Waals surface area (Å²) in [7, 11) is 0. The van der Waals surface area contributed by atoms with Gasteiger partial charge in [0.2, 0.25) is 0 Å². The standard InChI is InChI=1S/C18H23N3O2/c1-11-6-7-13(16(22)9-11)17-12(2)10-15(20-21-17)18(23)14-5-3-4-8-19-14/h6-7,9-10,14,18-19,22-23H,3-5,8H2,1-2H3. The fourth-order valence-electron chi connectivity index (χ4n) is 3.11. The molecular formula is C18H23N3O2. The SMILES string of the molecule is Cc1ccc(-c2nnc(C(O)C3CCCCN3)cc2C)c(O)c1. The van der Waals surface area contributed by atoms with E-state index in [9.17, 15) is 10.2 Å². The van der Waals surface area contributed by atoms with Crippen molar-refractivity contribution in [3.8, 4) is 17.0 Å². The molecule has 1 saturated heterocycles. The summed E-state index contributed by atoms with van der Waals surface area (Å²) in [6, 6.07) is 7.40. The van der Waals surface area contributed by atoms with Crippen LogP contribution in [0.3, 0.4) is 0 Å². The molecule has 1 aromatic heterocycles. The van der Waals surface area contributed by atoms with Gasteiger partial charge < -0.3 is 15.5 Å². The van der Waals surface area contributed by atoms with Gasteiger partial charge in [-0.1, -0.05) is 12.5 Å². The van der Waals surface area contributed by atoms with Crippen LogP contribution in [-0.4, -0.2) is 33.0 Å².